The van der Waals surface area contributed by atoms with E-state index in [9.17, 15) is 20.4 Å². The van der Waals surface area contributed by atoms with Crippen molar-refractivity contribution in [2.45, 2.75) is 0 Å². The first-order valence-electron chi connectivity index (χ1n) is 13.5. The second-order valence-electron chi connectivity index (χ2n) is 9.33. The molecule has 0 N–H and O–H groups in total. The Hall–Kier alpha value is -5.74. The monoisotopic (exact) mass is 650 g/mol. The molecule has 0 fully saturated rings. The minimum absolute atomic E-state index is 0. The van der Waals surface area contributed by atoms with Crippen LogP contribution in [-0.2, 0) is 0 Å². The molecule has 0 saturated heterocycles. The number of aromatic nitrogens is 4. The van der Waals surface area contributed by atoms with Crippen molar-refractivity contribution in [2.24, 2.45) is 0 Å². The van der Waals surface area contributed by atoms with Crippen molar-refractivity contribution in [1.29, 1.82) is 0 Å². The van der Waals surface area contributed by atoms with Crippen LogP contribution in [0.1, 0.15) is 0 Å². The summed E-state index contributed by atoms with van der Waals surface area (Å²) >= 11 is 0. The Bertz CT molecular complexity index is 1830. The number of fused-ring (bicyclic) bond motifs is 4. The summed E-state index contributed by atoms with van der Waals surface area (Å²) in [5.74, 6) is -0.0441. The predicted molar refractivity (Wildman–Crippen MR) is 171 cm³/mol. The van der Waals surface area contributed by atoms with Gasteiger partial charge in [-0.1, -0.05) is 120 Å². The van der Waals surface area contributed by atoms with Crippen LogP contribution in [0.2, 0.25) is 0 Å². The van der Waals surface area contributed by atoms with Crippen LogP contribution in [0.5, 0.6) is 23.0 Å². The third-order valence-corrected chi connectivity index (χ3v) is 6.38. The second kappa shape index (κ2) is 15.7. The molecule has 0 aliphatic heterocycles. The van der Waals surface area contributed by atoms with E-state index in [0.29, 0.717) is 22.1 Å². The third-order valence-electron chi connectivity index (χ3n) is 6.38. The van der Waals surface area contributed by atoms with E-state index in [2.05, 4.69) is 19.9 Å². The summed E-state index contributed by atoms with van der Waals surface area (Å²) in [5, 5.41) is 48.1. The topological polar surface area (TPSA) is 144 Å². The molecular formula is C36H24GeN4O4-4. The number of para-hydroxylation sites is 4. The Balaban J connectivity index is 0.000000136. The fourth-order valence-electron chi connectivity index (χ4n) is 4.30. The Morgan fingerprint density at radius 1 is 0.289 bits per heavy atom. The number of hydrogen-bond donors (Lipinski definition) is 0. The van der Waals surface area contributed by atoms with Crippen molar-refractivity contribution in [3.05, 3.63) is 146 Å². The summed E-state index contributed by atoms with van der Waals surface area (Å²) < 4.78 is 0. The standard InChI is InChI=1S/4C9H7NO.Ge/c4*11-8-5-1-3-7-4-2-6-10-9(7)8;/h4*1-6,11H;/p-4. The summed E-state index contributed by atoms with van der Waals surface area (Å²) in [4.78, 5) is 15.9. The zero-order valence-corrected chi connectivity index (χ0v) is 25.9. The van der Waals surface area contributed by atoms with Gasteiger partial charge in [0, 0.05) is 42.4 Å². The van der Waals surface area contributed by atoms with Gasteiger partial charge in [-0.15, -0.1) is 0 Å². The number of hydrogen-bond acceptors (Lipinski definition) is 8. The average molecular weight is 649 g/mol. The Morgan fingerprint density at radius 2 is 0.489 bits per heavy atom. The molecule has 0 unspecified atom stereocenters. The fraction of sp³-hybridized carbons (Fsp3) is 0. The maximum Gasteiger partial charge on any atom is 0.0623 e. The molecule has 0 spiro atoms. The average Bonchev–Trinajstić information content (AvgIpc) is 3.07. The van der Waals surface area contributed by atoms with E-state index >= 15 is 0 Å². The molecule has 0 saturated carbocycles. The van der Waals surface area contributed by atoms with Crippen LogP contribution in [0.4, 0.5) is 0 Å². The van der Waals surface area contributed by atoms with Gasteiger partial charge >= 0.3 is 0 Å². The van der Waals surface area contributed by atoms with Crippen LogP contribution in [0.25, 0.3) is 43.6 Å². The van der Waals surface area contributed by atoms with E-state index in [1.54, 1.807) is 49.1 Å². The van der Waals surface area contributed by atoms with Crippen molar-refractivity contribution < 1.29 is 20.4 Å². The quantitative estimate of drug-likeness (QED) is 0.212. The van der Waals surface area contributed by atoms with Crippen LogP contribution in [-0.4, -0.2) is 37.5 Å². The molecule has 0 amide bonds. The molecular weight excluding hydrogens is 625 g/mol. The van der Waals surface area contributed by atoms with Crippen molar-refractivity contribution in [1.82, 2.24) is 19.9 Å². The molecule has 220 valence electrons. The molecule has 0 atom stereocenters. The van der Waals surface area contributed by atoms with Crippen molar-refractivity contribution >= 4 is 61.2 Å². The molecule has 4 aromatic heterocycles. The van der Waals surface area contributed by atoms with E-state index < -0.39 is 0 Å². The molecule has 8 nitrogen and oxygen atoms in total. The van der Waals surface area contributed by atoms with Crippen LogP contribution in [0, 0.1) is 0 Å². The maximum absolute atomic E-state index is 11.1. The van der Waals surface area contributed by atoms with Gasteiger partial charge in [-0.05, 0) is 45.8 Å². The first-order valence-corrected chi connectivity index (χ1v) is 13.5. The van der Waals surface area contributed by atoms with Gasteiger partial charge in [0.1, 0.15) is 0 Å². The molecule has 0 aliphatic rings. The summed E-state index contributed by atoms with van der Waals surface area (Å²) in [6.45, 7) is 0. The van der Waals surface area contributed by atoms with E-state index in [4.69, 9.17) is 0 Å². The second-order valence-corrected chi connectivity index (χ2v) is 9.33. The predicted octanol–water partition coefficient (Wildman–Crippen LogP) is 4.85. The van der Waals surface area contributed by atoms with Gasteiger partial charge in [0.05, 0.1) is 22.1 Å². The molecule has 8 rings (SSSR count). The molecule has 0 bridgehead atoms. The van der Waals surface area contributed by atoms with Crippen LogP contribution >= 0.6 is 0 Å². The number of benzene rings is 4. The van der Waals surface area contributed by atoms with Gasteiger partial charge in [-0.3, -0.25) is 19.9 Å². The fourth-order valence-corrected chi connectivity index (χ4v) is 4.30. The Morgan fingerprint density at radius 3 is 0.689 bits per heavy atom. The van der Waals surface area contributed by atoms with Crippen molar-refractivity contribution in [3.63, 3.8) is 0 Å². The van der Waals surface area contributed by atoms with Gasteiger partial charge in [0.25, 0.3) is 0 Å². The molecule has 9 heteroatoms. The molecule has 0 aliphatic carbocycles. The summed E-state index contributed by atoms with van der Waals surface area (Å²) in [7, 11) is 0. The molecule has 4 heterocycles. The van der Waals surface area contributed by atoms with Gasteiger partial charge < -0.3 is 20.4 Å². The number of pyridine rings is 4. The largest absolute Gasteiger partial charge is 0.871 e. The van der Waals surface area contributed by atoms with Crippen LogP contribution < -0.4 is 20.4 Å². The van der Waals surface area contributed by atoms with E-state index in [1.807, 2.05) is 72.8 Å². The van der Waals surface area contributed by atoms with Gasteiger partial charge in [0.2, 0.25) is 0 Å². The van der Waals surface area contributed by atoms with Crippen LogP contribution in [0.3, 0.4) is 0 Å². The summed E-state index contributed by atoms with van der Waals surface area (Å²) in [5.41, 5.74) is 2.20. The molecule has 45 heavy (non-hydrogen) atoms. The number of rotatable bonds is 0. The zero-order valence-electron chi connectivity index (χ0n) is 23.8. The number of nitrogens with zero attached hydrogens (tertiary/aromatic N) is 4. The Kier molecular flexibility index (Phi) is 11.2. The minimum atomic E-state index is -0.0110. The third kappa shape index (κ3) is 8.21. The molecule has 4 radical (unpaired) electrons. The van der Waals surface area contributed by atoms with Crippen molar-refractivity contribution in [2.75, 3.05) is 0 Å². The van der Waals surface area contributed by atoms with Gasteiger partial charge in [-0.2, -0.15) is 0 Å². The maximum atomic E-state index is 11.1. The van der Waals surface area contributed by atoms with Gasteiger partial charge in [0.15, 0.2) is 0 Å². The van der Waals surface area contributed by atoms with E-state index in [1.165, 1.54) is 24.3 Å². The zero-order chi connectivity index (χ0) is 30.7. The van der Waals surface area contributed by atoms with Crippen LogP contribution in [0.15, 0.2) is 146 Å². The smallest absolute Gasteiger partial charge is 0.0623 e. The normalized spacial score (nSPS) is 9.96. The summed E-state index contributed by atoms with van der Waals surface area (Å²) in [6, 6.07) is 35.4. The summed E-state index contributed by atoms with van der Waals surface area (Å²) in [6.07, 6.45) is 6.51. The molecule has 8 aromatic rings. The minimum Gasteiger partial charge on any atom is -0.871 e. The van der Waals surface area contributed by atoms with Crippen molar-refractivity contribution in [3.8, 4) is 23.0 Å². The van der Waals surface area contributed by atoms with E-state index in [0.717, 1.165) is 21.5 Å². The van der Waals surface area contributed by atoms with Gasteiger partial charge in [-0.25, -0.2) is 0 Å². The molecule has 4 aromatic carbocycles. The SMILES string of the molecule is [Ge].[O-]c1cccc2cccnc12.[O-]c1cccc2cccnc12.[O-]c1cccc2cccnc12.[O-]c1cccc2cccnc12. The Labute approximate surface area is 269 Å². The first kappa shape index (κ1) is 32.2. The first-order chi connectivity index (χ1) is 21.5. The van der Waals surface area contributed by atoms with E-state index in [-0.39, 0.29) is 40.6 Å².